The van der Waals surface area contributed by atoms with Gasteiger partial charge in [-0.3, -0.25) is 4.79 Å². The van der Waals surface area contributed by atoms with Crippen LogP contribution >= 0.6 is 0 Å². The van der Waals surface area contributed by atoms with Crippen molar-refractivity contribution >= 4 is 5.97 Å². The second-order valence-electron chi connectivity index (χ2n) is 3.69. The van der Waals surface area contributed by atoms with E-state index in [-0.39, 0.29) is 12.0 Å². The molecule has 2 N–H and O–H groups in total. The first-order valence-electron chi connectivity index (χ1n) is 4.76. The van der Waals surface area contributed by atoms with E-state index in [2.05, 4.69) is 0 Å². The summed E-state index contributed by atoms with van der Waals surface area (Å²) in [6.07, 6.45) is -1.36. The van der Waals surface area contributed by atoms with Crippen molar-refractivity contribution in [3.05, 3.63) is 35.4 Å². The zero-order valence-electron chi connectivity index (χ0n) is 8.65. The second kappa shape index (κ2) is 5.03. The minimum absolute atomic E-state index is 0.174. The predicted molar refractivity (Wildman–Crippen MR) is 52.7 cm³/mol. The normalized spacial score (nSPS) is 14.5. The molecule has 1 aromatic carbocycles. The lowest BCUT2D eigenvalue weighted by Gasteiger charge is -2.17. The van der Waals surface area contributed by atoms with Gasteiger partial charge < -0.3 is 10.2 Å². The highest BCUT2D eigenvalue weighted by Gasteiger charge is 2.20. The van der Waals surface area contributed by atoms with Crippen LogP contribution in [0.4, 0.5) is 8.78 Å². The first-order valence-corrected chi connectivity index (χ1v) is 4.76. The van der Waals surface area contributed by atoms with Gasteiger partial charge in [0.25, 0.3) is 0 Å². The third-order valence-electron chi connectivity index (χ3n) is 2.32. The number of benzene rings is 1. The Morgan fingerprint density at radius 3 is 2.50 bits per heavy atom. The average molecular weight is 230 g/mol. The lowest BCUT2D eigenvalue weighted by molar-refractivity contribution is -0.139. The Labute approximate surface area is 91.3 Å². The van der Waals surface area contributed by atoms with Crippen molar-refractivity contribution in [3.63, 3.8) is 0 Å². The maximum atomic E-state index is 12.9. The Balaban J connectivity index is 2.83. The standard InChI is InChI=1S/C11H12F2O3/c1-6(4-10(14)15)11(16)7-2-3-8(12)9(13)5-7/h2-3,5-6,11,16H,4H2,1H3,(H,14,15). The Kier molecular flexibility index (Phi) is 3.95. The van der Waals surface area contributed by atoms with Crippen LogP contribution in [0.25, 0.3) is 0 Å². The average Bonchev–Trinajstić information content (AvgIpc) is 2.20. The summed E-state index contributed by atoms with van der Waals surface area (Å²) in [7, 11) is 0. The van der Waals surface area contributed by atoms with Crippen molar-refractivity contribution in [2.24, 2.45) is 5.92 Å². The van der Waals surface area contributed by atoms with Gasteiger partial charge in [0, 0.05) is 0 Å². The van der Waals surface area contributed by atoms with Gasteiger partial charge in [0.05, 0.1) is 12.5 Å². The number of hydrogen-bond donors (Lipinski definition) is 2. The molecule has 88 valence electrons. The SMILES string of the molecule is CC(CC(=O)O)C(O)c1ccc(F)c(F)c1. The van der Waals surface area contributed by atoms with Crippen LogP contribution in [-0.4, -0.2) is 16.2 Å². The van der Waals surface area contributed by atoms with Crippen LogP contribution in [0.5, 0.6) is 0 Å². The molecule has 2 unspecified atom stereocenters. The fourth-order valence-electron chi connectivity index (χ4n) is 1.41. The van der Waals surface area contributed by atoms with E-state index in [1.54, 1.807) is 0 Å². The van der Waals surface area contributed by atoms with Crippen LogP contribution < -0.4 is 0 Å². The van der Waals surface area contributed by atoms with Crippen molar-refractivity contribution in [2.75, 3.05) is 0 Å². The Bertz CT molecular complexity index is 393. The number of hydrogen-bond acceptors (Lipinski definition) is 2. The van der Waals surface area contributed by atoms with Crippen LogP contribution in [0.3, 0.4) is 0 Å². The molecule has 1 aromatic rings. The van der Waals surface area contributed by atoms with Crippen molar-refractivity contribution in [1.29, 1.82) is 0 Å². The number of aliphatic hydroxyl groups is 1. The van der Waals surface area contributed by atoms with Gasteiger partial charge in [0.2, 0.25) is 0 Å². The number of halogens is 2. The Morgan fingerprint density at radius 2 is 2.00 bits per heavy atom. The molecule has 0 amide bonds. The third kappa shape index (κ3) is 3.00. The van der Waals surface area contributed by atoms with Crippen LogP contribution in [0, 0.1) is 17.6 Å². The van der Waals surface area contributed by atoms with E-state index in [0.29, 0.717) is 0 Å². The first kappa shape index (κ1) is 12.6. The van der Waals surface area contributed by atoms with E-state index in [0.717, 1.165) is 12.1 Å². The number of aliphatic hydroxyl groups excluding tert-OH is 1. The molecule has 0 saturated heterocycles. The van der Waals surface area contributed by atoms with E-state index in [4.69, 9.17) is 5.11 Å². The van der Waals surface area contributed by atoms with E-state index in [1.807, 2.05) is 0 Å². The third-order valence-corrected chi connectivity index (χ3v) is 2.32. The van der Waals surface area contributed by atoms with E-state index in [1.165, 1.54) is 13.0 Å². The zero-order chi connectivity index (χ0) is 12.3. The Hall–Kier alpha value is -1.49. The van der Waals surface area contributed by atoms with Crippen LogP contribution in [0.2, 0.25) is 0 Å². The van der Waals surface area contributed by atoms with Gasteiger partial charge in [0.1, 0.15) is 0 Å². The topological polar surface area (TPSA) is 57.5 Å². The summed E-state index contributed by atoms with van der Waals surface area (Å²) in [5, 5.41) is 18.2. The summed E-state index contributed by atoms with van der Waals surface area (Å²) < 4.78 is 25.5. The predicted octanol–water partition coefficient (Wildman–Crippen LogP) is 2.11. The molecule has 0 radical (unpaired) electrons. The lowest BCUT2D eigenvalue weighted by atomic mass is 9.94. The molecule has 0 saturated carbocycles. The minimum atomic E-state index is -1.12. The number of aliphatic carboxylic acids is 1. The molecule has 0 aromatic heterocycles. The highest BCUT2D eigenvalue weighted by Crippen LogP contribution is 2.25. The minimum Gasteiger partial charge on any atom is -0.481 e. The number of rotatable bonds is 4. The van der Waals surface area contributed by atoms with Crippen molar-refractivity contribution in [2.45, 2.75) is 19.4 Å². The van der Waals surface area contributed by atoms with Gasteiger partial charge in [-0.2, -0.15) is 0 Å². The highest BCUT2D eigenvalue weighted by atomic mass is 19.2. The molecule has 2 atom stereocenters. The molecule has 3 nitrogen and oxygen atoms in total. The van der Waals surface area contributed by atoms with Gasteiger partial charge >= 0.3 is 5.97 Å². The number of carboxylic acid groups (broad SMARTS) is 1. The largest absolute Gasteiger partial charge is 0.481 e. The summed E-state index contributed by atoms with van der Waals surface area (Å²) in [5.74, 6) is -3.67. The van der Waals surface area contributed by atoms with Crippen LogP contribution in [-0.2, 0) is 4.79 Å². The van der Waals surface area contributed by atoms with E-state index >= 15 is 0 Å². The molecule has 16 heavy (non-hydrogen) atoms. The molecular weight excluding hydrogens is 218 g/mol. The zero-order valence-corrected chi connectivity index (χ0v) is 8.65. The van der Waals surface area contributed by atoms with Crippen molar-refractivity contribution in [3.8, 4) is 0 Å². The maximum Gasteiger partial charge on any atom is 0.303 e. The summed E-state index contributed by atoms with van der Waals surface area (Å²) in [6.45, 7) is 1.53. The summed E-state index contributed by atoms with van der Waals surface area (Å²) in [5.41, 5.74) is 0.174. The van der Waals surface area contributed by atoms with E-state index < -0.39 is 29.6 Å². The molecule has 0 aliphatic carbocycles. The van der Waals surface area contributed by atoms with Crippen LogP contribution in [0.1, 0.15) is 25.0 Å². The molecular formula is C11H12F2O3. The molecule has 0 spiro atoms. The maximum absolute atomic E-state index is 12.9. The van der Waals surface area contributed by atoms with Gasteiger partial charge in [0.15, 0.2) is 11.6 Å². The fraction of sp³-hybridized carbons (Fsp3) is 0.364. The molecule has 0 aliphatic heterocycles. The van der Waals surface area contributed by atoms with Gasteiger partial charge in [-0.1, -0.05) is 13.0 Å². The van der Waals surface area contributed by atoms with Gasteiger partial charge in [-0.05, 0) is 23.6 Å². The van der Waals surface area contributed by atoms with Gasteiger partial charge in [-0.25, -0.2) is 8.78 Å². The molecule has 1 rings (SSSR count). The summed E-state index contributed by atoms with van der Waals surface area (Å²) >= 11 is 0. The van der Waals surface area contributed by atoms with Crippen molar-refractivity contribution < 1.29 is 23.8 Å². The van der Waals surface area contributed by atoms with Gasteiger partial charge in [-0.15, -0.1) is 0 Å². The lowest BCUT2D eigenvalue weighted by Crippen LogP contribution is -2.13. The number of carbonyl (C=O) groups is 1. The molecule has 5 heteroatoms. The highest BCUT2D eigenvalue weighted by molar-refractivity contribution is 5.67. The van der Waals surface area contributed by atoms with Crippen molar-refractivity contribution in [1.82, 2.24) is 0 Å². The second-order valence-corrected chi connectivity index (χ2v) is 3.69. The smallest absolute Gasteiger partial charge is 0.303 e. The fourth-order valence-corrected chi connectivity index (χ4v) is 1.41. The quantitative estimate of drug-likeness (QED) is 0.832. The molecule has 0 heterocycles. The van der Waals surface area contributed by atoms with E-state index in [9.17, 15) is 18.7 Å². The monoisotopic (exact) mass is 230 g/mol. The Morgan fingerprint density at radius 1 is 1.38 bits per heavy atom. The summed E-state index contributed by atoms with van der Waals surface area (Å²) in [4.78, 5) is 10.4. The summed E-state index contributed by atoms with van der Waals surface area (Å²) in [6, 6.07) is 3.02. The molecule has 0 aliphatic rings. The van der Waals surface area contributed by atoms with Crippen LogP contribution in [0.15, 0.2) is 18.2 Å². The molecule has 0 bridgehead atoms. The first-order chi connectivity index (χ1) is 7.41. The number of carboxylic acids is 1. The molecule has 0 fully saturated rings.